The second kappa shape index (κ2) is 11.6. The molecule has 0 aliphatic rings. The molecule has 0 aliphatic heterocycles. The van der Waals surface area contributed by atoms with Gasteiger partial charge in [-0.05, 0) is 48.7 Å². The maximum Gasteiger partial charge on any atom is 0.239 e. The fourth-order valence-electron chi connectivity index (χ4n) is 3.26. The summed E-state index contributed by atoms with van der Waals surface area (Å²) >= 11 is 2.78. The number of carbonyl (C=O) groups is 2. The molecule has 9 heteroatoms. The van der Waals surface area contributed by atoms with Gasteiger partial charge in [-0.3, -0.25) is 9.59 Å². The van der Waals surface area contributed by atoms with E-state index in [2.05, 4.69) is 15.6 Å². The molecule has 1 aromatic heterocycles. The zero-order chi connectivity index (χ0) is 25.6. The van der Waals surface area contributed by atoms with Crippen LogP contribution in [0.2, 0.25) is 0 Å². The van der Waals surface area contributed by atoms with E-state index in [1.54, 1.807) is 14.2 Å². The lowest BCUT2D eigenvalue weighted by atomic mass is 9.92. The normalized spacial score (nSPS) is 12.1. The molecule has 2 aromatic carbocycles. The summed E-state index contributed by atoms with van der Waals surface area (Å²) in [5, 5.41) is 7.89. The Labute approximate surface area is 214 Å². The highest BCUT2D eigenvalue weighted by molar-refractivity contribution is 8.00. The topological polar surface area (TPSA) is 89.6 Å². The van der Waals surface area contributed by atoms with Crippen molar-refractivity contribution in [1.82, 2.24) is 4.98 Å². The van der Waals surface area contributed by atoms with Crippen molar-refractivity contribution in [2.75, 3.05) is 24.9 Å². The Hall–Kier alpha value is -3.04. The van der Waals surface area contributed by atoms with E-state index in [9.17, 15) is 9.59 Å². The van der Waals surface area contributed by atoms with E-state index in [0.29, 0.717) is 23.1 Å². The van der Waals surface area contributed by atoms with E-state index in [-0.39, 0.29) is 22.5 Å². The molecule has 1 unspecified atom stereocenters. The standard InChI is InChI=1S/C26H31N3O4S2/c1-16(35-19-9-7-8-18(13-19)27-23(30)14-26(2,3)4)24(31)29-25-28-20(15-34-25)17-10-11-21(32-5)22(12-17)33-6/h7-13,15-16H,14H2,1-6H3,(H,27,30)(H,28,29,31). The Morgan fingerprint density at radius 1 is 1.06 bits per heavy atom. The van der Waals surface area contributed by atoms with E-state index in [4.69, 9.17) is 9.47 Å². The molecular formula is C26H31N3O4S2. The number of benzene rings is 2. The molecule has 0 saturated heterocycles. The molecule has 1 heterocycles. The number of aromatic nitrogens is 1. The van der Waals surface area contributed by atoms with Crippen molar-refractivity contribution in [3.63, 3.8) is 0 Å². The number of thioether (sulfide) groups is 1. The molecule has 3 rings (SSSR count). The van der Waals surface area contributed by atoms with Gasteiger partial charge in [0.25, 0.3) is 0 Å². The number of hydrogen-bond donors (Lipinski definition) is 2. The first-order valence-electron chi connectivity index (χ1n) is 11.1. The zero-order valence-corrected chi connectivity index (χ0v) is 22.4. The molecule has 3 aromatic rings. The molecule has 0 radical (unpaired) electrons. The van der Waals surface area contributed by atoms with E-state index in [1.807, 2.05) is 75.5 Å². The fourth-order valence-corrected chi connectivity index (χ4v) is 4.91. The average molecular weight is 514 g/mol. The van der Waals surface area contributed by atoms with Gasteiger partial charge in [-0.1, -0.05) is 26.8 Å². The lowest BCUT2D eigenvalue weighted by Crippen LogP contribution is -2.22. The van der Waals surface area contributed by atoms with Crippen LogP contribution in [0.1, 0.15) is 34.1 Å². The molecule has 2 N–H and O–H groups in total. The summed E-state index contributed by atoms with van der Waals surface area (Å²) in [4.78, 5) is 30.5. The van der Waals surface area contributed by atoms with E-state index >= 15 is 0 Å². The number of amides is 2. The second-order valence-corrected chi connectivity index (χ2v) is 11.4. The van der Waals surface area contributed by atoms with Gasteiger partial charge in [-0.2, -0.15) is 0 Å². The van der Waals surface area contributed by atoms with E-state index < -0.39 is 0 Å². The van der Waals surface area contributed by atoms with Crippen molar-refractivity contribution in [3.8, 4) is 22.8 Å². The number of methoxy groups -OCH3 is 2. The fraction of sp³-hybridized carbons (Fsp3) is 0.346. The lowest BCUT2D eigenvalue weighted by Gasteiger charge is -2.17. The Kier molecular flexibility index (Phi) is 8.80. The van der Waals surface area contributed by atoms with E-state index in [1.165, 1.54) is 23.1 Å². The predicted molar refractivity (Wildman–Crippen MR) is 144 cm³/mol. The minimum atomic E-state index is -0.357. The molecule has 0 fully saturated rings. The summed E-state index contributed by atoms with van der Waals surface area (Å²) in [7, 11) is 3.18. The number of rotatable bonds is 9. The minimum Gasteiger partial charge on any atom is -0.493 e. The Morgan fingerprint density at radius 3 is 2.49 bits per heavy atom. The van der Waals surface area contributed by atoms with Crippen molar-refractivity contribution in [1.29, 1.82) is 0 Å². The van der Waals surface area contributed by atoms with Gasteiger partial charge in [0.1, 0.15) is 0 Å². The van der Waals surface area contributed by atoms with Gasteiger partial charge in [-0.15, -0.1) is 23.1 Å². The Morgan fingerprint density at radius 2 is 1.80 bits per heavy atom. The molecule has 1 atom stereocenters. The molecule has 0 bridgehead atoms. The monoisotopic (exact) mass is 513 g/mol. The van der Waals surface area contributed by atoms with E-state index in [0.717, 1.165) is 21.8 Å². The third-order valence-corrected chi connectivity index (χ3v) is 6.76. The number of anilines is 2. The predicted octanol–water partition coefficient (Wildman–Crippen LogP) is 6.32. The number of ether oxygens (including phenoxy) is 2. The molecule has 2 amide bonds. The maximum absolute atomic E-state index is 12.8. The van der Waals surface area contributed by atoms with Crippen molar-refractivity contribution in [3.05, 3.63) is 47.8 Å². The van der Waals surface area contributed by atoms with Crippen molar-refractivity contribution in [2.24, 2.45) is 5.41 Å². The highest BCUT2D eigenvalue weighted by Gasteiger charge is 2.18. The minimum absolute atomic E-state index is 0.0282. The smallest absolute Gasteiger partial charge is 0.239 e. The number of nitrogens with one attached hydrogen (secondary N) is 2. The van der Waals surface area contributed by atoms with Gasteiger partial charge in [0.15, 0.2) is 16.6 Å². The first-order chi connectivity index (χ1) is 16.6. The van der Waals surface area contributed by atoms with Crippen LogP contribution in [-0.2, 0) is 9.59 Å². The Bertz CT molecular complexity index is 1190. The molecule has 0 aliphatic carbocycles. The SMILES string of the molecule is COc1ccc(-c2csc(NC(=O)C(C)Sc3cccc(NC(=O)CC(C)(C)C)c3)n2)cc1OC. The van der Waals surface area contributed by atoms with Crippen LogP contribution < -0.4 is 20.1 Å². The van der Waals surface area contributed by atoms with Crippen LogP contribution in [-0.4, -0.2) is 36.3 Å². The van der Waals surface area contributed by atoms with Gasteiger partial charge < -0.3 is 20.1 Å². The molecular weight excluding hydrogens is 482 g/mol. The molecule has 0 saturated carbocycles. The van der Waals surface area contributed by atoms with Crippen LogP contribution in [0, 0.1) is 5.41 Å². The summed E-state index contributed by atoms with van der Waals surface area (Å²) < 4.78 is 10.6. The van der Waals surface area contributed by atoms with Crippen LogP contribution in [0.15, 0.2) is 52.7 Å². The highest BCUT2D eigenvalue weighted by atomic mass is 32.2. The van der Waals surface area contributed by atoms with Gasteiger partial charge in [0.2, 0.25) is 11.8 Å². The van der Waals surface area contributed by atoms with Crippen LogP contribution in [0.3, 0.4) is 0 Å². The average Bonchev–Trinajstić information content (AvgIpc) is 3.25. The molecule has 0 spiro atoms. The Balaban J connectivity index is 1.61. The lowest BCUT2D eigenvalue weighted by molar-refractivity contribution is -0.118. The summed E-state index contributed by atoms with van der Waals surface area (Å²) in [6.45, 7) is 7.92. The maximum atomic E-state index is 12.8. The molecule has 35 heavy (non-hydrogen) atoms. The second-order valence-electron chi connectivity index (χ2n) is 9.17. The first kappa shape index (κ1) is 26.6. The van der Waals surface area contributed by atoms with Gasteiger partial charge in [0, 0.05) is 27.9 Å². The highest BCUT2D eigenvalue weighted by Crippen LogP contribution is 2.34. The van der Waals surface area contributed by atoms with Crippen molar-refractivity contribution >= 4 is 45.7 Å². The van der Waals surface area contributed by atoms with Crippen LogP contribution >= 0.6 is 23.1 Å². The number of carbonyl (C=O) groups excluding carboxylic acids is 2. The first-order valence-corrected chi connectivity index (χ1v) is 12.9. The van der Waals surface area contributed by atoms with Gasteiger partial charge >= 0.3 is 0 Å². The van der Waals surface area contributed by atoms with Gasteiger partial charge in [-0.25, -0.2) is 4.98 Å². The third-order valence-electron chi connectivity index (χ3n) is 4.90. The quantitative estimate of drug-likeness (QED) is 0.325. The molecule has 7 nitrogen and oxygen atoms in total. The van der Waals surface area contributed by atoms with Crippen LogP contribution in [0.5, 0.6) is 11.5 Å². The third kappa shape index (κ3) is 7.73. The zero-order valence-electron chi connectivity index (χ0n) is 20.8. The largest absolute Gasteiger partial charge is 0.493 e. The summed E-state index contributed by atoms with van der Waals surface area (Å²) in [5.74, 6) is 1.08. The number of hydrogen-bond acceptors (Lipinski definition) is 7. The number of thiazole rings is 1. The van der Waals surface area contributed by atoms with Crippen LogP contribution in [0.4, 0.5) is 10.8 Å². The summed E-state index contributed by atoms with van der Waals surface area (Å²) in [6, 6.07) is 13.1. The summed E-state index contributed by atoms with van der Waals surface area (Å²) in [6.07, 6.45) is 0.433. The summed E-state index contributed by atoms with van der Waals surface area (Å²) in [5.41, 5.74) is 2.24. The number of nitrogens with zero attached hydrogens (tertiary/aromatic N) is 1. The molecule has 186 valence electrons. The van der Waals surface area contributed by atoms with Gasteiger partial charge in [0.05, 0.1) is 25.2 Å². The van der Waals surface area contributed by atoms with Crippen LogP contribution in [0.25, 0.3) is 11.3 Å². The van der Waals surface area contributed by atoms with Crippen molar-refractivity contribution < 1.29 is 19.1 Å². The van der Waals surface area contributed by atoms with Crippen molar-refractivity contribution in [2.45, 2.75) is 44.3 Å².